The Morgan fingerprint density at radius 3 is 2.08 bits per heavy atom. The van der Waals surface area contributed by atoms with E-state index in [9.17, 15) is 4.79 Å². The molecule has 0 atom stereocenters. The van der Waals surface area contributed by atoms with Gasteiger partial charge in [0.15, 0.2) is 0 Å². The van der Waals surface area contributed by atoms with E-state index in [-0.39, 0.29) is 0 Å². The van der Waals surface area contributed by atoms with Crippen molar-refractivity contribution in [2.45, 2.75) is 27.7 Å². The highest BCUT2D eigenvalue weighted by molar-refractivity contribution is 5.90. The van der Waals surface area contributed by atoms with Crippen molar-refractivity contribution in [2.24, 2.45) is 5.92 Å². The molecule has 0 radical (unpaired) electrons. The number of carboxylic acids is 1. The highest BCUT2D eigenvalue weighted by Crippen LogP contribution is 2.07. The van der Waals surface area contributed by atoms with E-state index in [1.807, 2.05) is 19.9 Å². The van der Waals surface area contributed by atoms with Crippen molar-refractivity contribution in [1.29, 1.82) is 0 Å². The smallest absolute Gasteiger partial charge is 0.335 e. The van der Waals surface area contributed by atoms with Crippen molar-refractivity contribution in [2.75, 3.05) is 0 Å². The molecule has 1 N–H and O–H groups in total. The molecule has 0 amide bonds. The van der Waals surface area contributed by atoms with Crippen LogP contribution < -0.4 is 0 Å². The second kappa shape index (κ2) is 4.75. The van der Waals surface area contributed by atoms with Crippen molar-refractivity contribution in [1.82, 2.24) is 0 Å². The second-order valence-corrected chi connectivity index (χ2v) is 3.32. The van der Waals surface area contributed by atoms with Gasteiger partial charge >= 0.3 is 5.97 Å². The predicted octanol–water partition coefficient (Wildman–Crippen LogP) is 2.62. The summed E-state index contributed by atoms with van der Waals surface area (Å²) in [7, 11) is 0. The maximum atomic E-state index is 10.6. The molecule has 0 aromatic rings. The van der Waals surface area contributed by atoms with Crippen LogP contribution in [0, 0.1) is 5.92 Å². The van der Waals surface area contributed by atoms with Gasteiger partial charge in [0, 0.05) is 0 Å². The molecule has 2 heteroatoms. The molecule has 0 aromatic heterocycles. The van der Waals surface area contributed by atoms with Crippen LogP contribution in [-0.2, 0) is 4.79 Å². The van der Waals surface area contributed by atoms with Gasteiger partial charge in [0.25, 0.3) is 0 Å². The molecule has 0 rings (SSSR count). The zero-order valence-corrected chi connectivity index (χ0v) is 8.09. The quantitative estimate of drug-likeness (QED) is 0.519. The third kappa shape index (κ3) is 3.96. The molecule has 0 aromatic carbocycles. The van der Waals surface area contributed by atoms with Crippen LogP contribution in [0.2, 0.25) is 0 Å². The fraction of sp³-hybridized carbons (Fsp3) is 0.500. The van der Waals surface area contributed by atoms with Gasteiger partial charge < -0.3 is 5.11 Å². The molecule has 0 aliphatic carbocycles. The van der Waals surface area contributed by atoms with Crippen LogP contribution in [0.25, 0.3) is 0 Å². The van der Waals surface area contributed by atoms with Gasteiger partial charge in [-0.25, -0.2) is 4.79 Å². The Morgan fingerprint density at radius 2 is 1.83 bits per heavy atom. The van der Waals surface area contributed by atoms with E-state index < -0.39 is 5.97 Å². The Labute approximate surface area is 73.6 Å². The van der Waals surface area contributed by atoms with Crippen LogP contribution in [0.3, 0.4) is 0 Å². The molecular weight excluding hydrogens is 152 g/mol. The van der Waals surface area contributed by atoms with Gasteiger partial charge in [0.05, 0.1) is 5.57 Å². The zero-order valence-electron chi connectivity index (χ0n) is 8.09. The number of aliphatic carboxylic acids is 1. The van der Waals surface area contributed by atoms with E-state index in [2.05, 4.69) is 0 Å². The lowest BCUT2D eigenvalue weighted by Gasteiger charge is -1.98. The van der Waals surface area contributed by atoms with Gasteiger partial charge in [-0.2, -0.15) is 0 Å². The van der Waals surface area contributed by atoms with Crippen LogP contribution in [0.5, 0.6) is 0 Å². The number of carbonyl (C=O) groups is 1. The largest absolute Gasteiger partial charge is 0.478 e. The summed E-state index contributed by atoms with van der Waals surface area (Å²) in [6.45, 7) is 7.63. The SMILES string of the molecule is CC(C)=C(/C=C\C(C)C)C(=O)O. The molecule has 0 aliphatic heterocycles. The molecule has 68 valence electrons. The second-order valence-electron chi connectivity index (χ2n) is 3.32. The van der Waals surface area contributed by atoms with E-state index in [1.165, 1.54) is 0 Å². The number of carboxylic acid groups (broad SMARTS) is 1. The fourth-order valence-electron chi connectivity index (χ4n) is 0.740. The lowest BCUT2D eigenvalue weighted by atomic mass is 10.1. The Hall–Kier alpha value is -1.05. The lowest BCUT2D eigenvalue weighted by molar-refractivity contribution is -0.132. The number of rotatable bonds is 3. The van der Waals surface area contributed by atoms with Crippen molar-refractivity contribution < 1.29 is 9.90 Å². The molecule has 0 heterocycles. The third-order valence-electron chi connectivity index (χ3n) is 1.42. The maximum absolute atomic E-state index is 10.6. The normalized spacial score (nSPS) is 10.8. The lowest BCUT2D eigenvalue weighted by Crippen LogP contribution is -1.99. The highest BCUT2D eigenvalue weighted by atomic mass is 16.4. The van der Waals surface area contributed by atoms with Crippen molar-refractivity contribution in [3.63, 3.8) is 0 Å². The summed E-state index contributed by atoms with van der Waals surface area (Å²) in [6.07, 6.45) is 3.55. The minimum absolute atomic E-state index is 0.388. The molecule has 12 heavy (non-hydrogen) atoms. The van der Waals surface area contributed by atoms with Crippen LogP contribution >= 0.6 is 0 Å². The summed E-state index contributed by atoms with van der Waals surface area (Å²) >= 11 is 0. The van der Waals surface area contributed by atoms with Crippen LogP contribution in [0.1, 0.15) is 27.7 Å². The summed E-state index contributed by atoms with van der Waals surface area (Å²) in [6, 6.07) is 0. The summed E-state index contributed by atoms with van der Waals surface area (Å²) < 4.78 is 0. The third-order valence-corrected chi connectivity index (χ3v) is 1.42. The Bertz CT molecular complexity index is 218. The predicted molar refractivity (Wildman–Crippen MR) is 50.0 cm³/mol. The first-order valence-electron chi connectivity index (χ1n) is 4.04. The average molecular weight is 168 g/mol. The van der Waals surface area contributed by atoms with Gasteiger partial charge in [0.1, 0.15) is 0 Å². The van der Waals surface area contributed by atoms with Gasteiger partial charge in [0.2, 0.25) is 0 Å². The van der Waals surface area contributed by atoms with Crippen LogP contribution in [0.15, 0.2) is 23.3 Å². The van der Waals surface area contributed by atoms with Crippen LogP contribution in [0.4, 0.5) is 0 Å². The number of hydrogen-bond acceptors (Lipinski definition) is 1. The molecule has 0 saturated heterocycles. The number of hydrogen-bond donors (Lipinski definition) is 1. The first kappa shape index (κ1) is 11.0. The Morgan fingerprint density at radius 1 is 1.33 bits per heavy atom. The van der Waals surface area contributed by atoms with E-state index in [0.717, 1.165) is 5.57 Å². The van der Waals surface area contributed by atoms with E-state index in [1.54, 1.807) is 19.9 Å². The van der Waals surface area contributed by atoms with Gasteiger partial charge in [-0.05, 0) is 19.8 Å². The first-order valence-corrected chi connectivity index (χ1v) is 4.04. The zero-order chi connectivity index (χ0) is 9.72. The number of allylic oxidation sites excluding steroid dienone is 2. The van der Waals surface area contributed by atoms with E-state index in [4.69, 9.17) is 5.11 Å². The average Bonchev–Trinajstić information content (AvgIpc) is 1.84. The topological polar surface area (TPSA) is 37.3 Å². The molecule has 0 saturated carbocycles. The van der Waals surface area contributed by atoms with E-state index in [0.29, 0.717) is 11.5 Å². The molecule has 0 bridgehead atoms. The standard InChI is InChI=1S/C10H16O2/c1-7(2)5-6-9(8(3)4)10(11)12/h5-7H,1-4H3,(H,11,12)/b6-5-. The molecule has 0 unspecified atom stereocenters. The molecular formula is C10H16O2. The van der Waals surface area contributed by atoms with E-state index >= 15 is 0 Å². The maximum Gasteiger partial charge on any atom is 0.335 e. The fourth-order valence-corrected chi connectivity index (χ4v) is 0.740. The first-order chi connectivity index (χ1) is 5.45. The van der Waals surface area contributed by atoms with Crippen molar-refractivity contribution in [3.8, 4) is 0 Å². The summed E-state index contributed by atoms with van der Waals surface area (Å²) in [5.74, 6) is -0.467. The van der Waals surface area contributed by atoms with Crippen molar-refractivity contribution in [3.05, 3.63) is 23.3 Å². The Balaban J connectivity index is 4.59. The van der Waals surface area contributed by atoms with Gasteiger partial charge in [-0.15, -0.1) is 0 Å². The molecule has 0 spiro atoms. The van der Waals surface area contributed by atoms with Gasteiger partial charge in [-0.1, -0.05) is 31.6 Å². The monoisotopic (exact) mass is 168 g/mol. The van der Waals surface area contributed by atoms with Crippen molar-refractivity contribution >= 4 is 5.97 Å². The molecule has 0 fully saturated rings. The summed E-state index contributed by atoms with van der Waals surface area (Å²) in [5.41, 5.74) is 1.23. The highest BCUT2D eigenvalue weighted by Gasteiger charge is 2.04. The minimum atomic E-state index is -0.855. The van der Waals surface area contributed by atoms with Gasteiger partial charge in [-0.3, -0.25) is 0 Å². The van der Waals surface area contributed by atoms with Crippen LogP contribution in [-0.4, -0.2) is 11.1 Å². The molecule has 2 nitrogen and oxygen atoms in total. The Kier molecular flexibility index (Phi) is 4.34. The molecule has 0 aliphatic rings. The summed E-state index contributed by atoms with van der Waals surface area (Å²) in [4.78, 5) is 10.6. The minimum Gasteiger partial charge on any atom is -0.478 e. The summed E-state index contributed by atoms with van der Waals surface area (Å²) in [5, 5.41) is 8.75.